The monoisotopic (exact) mass is 302 g/mol. The lowest BCUT2D eigenvalue weighted by Gasteiger charge is -2.08. The number of ether oxygens (including phenoxy) is 1. The molecule has 1 rings (SSSR count). The van der Waals surface area contributed by atoms with E-state index in [1.165, 1.54) is 37.1 Å². The molecule has 0 saturated carbocycles. The highest BCUT2D eigenvalue weighted by Crippen LogP contribution is 2.23. The molecule has 0 radical (unpaired) electrons. The average molecular weight is 303 g/mol. The average Bonchev–Trinajstić information content (AvgIpc) is 2.40. The SMILES string of the molecule is COC(=O)c1ccc(Cl)c(NC(=O)CSCCN)c1. The predicted octanol–water partition coefficient (Wildman–Crippen LogP) is 1.76. The van der Waals surface area contributed by atoms with Gasteiger partial charge in [-0.3, -0.25) is 4.79 Å². The maximum atomic E-state index is 11.6. The second kappa shape index (κ2) is 8.04. The van der Waals surface area contributed by atoms with Gasteiger partial charge in [0.15, 0.2) is 0 Å². The van der Waals surface area contributed by atoms with E-state index in [0.29, 0.717) is 28.6 Å². The van der Waals surface area contributed by atoms with Crippen molar-refractivity contribution in [2.24, 2.45) is 5.73 Å². The van der Waals surface area contributed by atoms with Crippen molar-refractivity contribution in [1.82, 2.24) is 0 Å². The third-order valence-corrected chi connectivity index (χ3v) is 3.48. The summed E-state index contributed by atoms with van der Waals surface area (Å²) in [4.78, 5) is 23.0. The minimum absolute atomic E-state index is 0.192. The Kier molecular flexibility index (Phi) is 6.69. The van der Waals surface area contributed by atoms with Crippen LogP contribution in [0.2, 0.25) is 5.02 Å². The molecule has 104 valence electrons. The fourth-order valence-electron chi connectivity index (χ4n) is 1.30. The Balaban J connectivity index is 2.71. The van der Waals surface area contributed by atoms with E-state index in [1.54, 1.807) is 0 Å². The van der Waals surface area contributed by atoms with Crippen molar-refractivity contribution in [1.29, 1.82) is 0 Å². The van der Waals surface area contributed by atoms with Crippen molar-refractivity contribution in [2.75, 3.05) is 30.5 Å². The number of rotatable bonds is 6. The Bertz CT molecular complexity index is 468. The molecule has 0 aliphatic carbocycles. The Morgan fingerprint density at radius 1 is 1.47 bits per heavy atom. The molecule has 0 fully saturated rings. The van der Waals surface area contributed by atoms with E-state index in [2.05, 4.69) is 10.1 Å². The summed E-state index contributed by atoms with van der Waals surface area (Å²) >= 11 is 7.39. The fraction of sp³-hybridized carbons (Fsp3) is 0.333. The first-order valence-corrected chi connectivity index (χ1v) is 7.07. The first kappa shape index (κ1) is 15.8. The van der Waals surface area contributed by atoms with Crippen LogP contribution in [-0.4, -0.2) is 37.0 Å². The van der Waals surface area contributed by atoms with Crippen LogP contribution in [0.5, 0.6) is 0 Å². The number of hydrogen-bond acceptors (Lipinski definition) is 5. The van der Waals surface area contributed by atoms with Gasteiger partial charge in [-0.2, -0.15) is 11.8 Å². The topological polar surface area (TPSA) is 81.4 Å². The van der Waals surface area contributed by atoms with Crippen molar-refractivity contribution in [3.63, 3.8) is 0 Å². The van der Waals surface area contributed by atoms with Crippen molar-refractivity contribution >= 4 is 40.9 Å². The summed E-state index contributed by atoms with van der Waals surface area (Å²) in [7, 11) is 1.29. The van der Waals surface area contributed by atoms with E-state index in [0.717, 1.165) is 0 Å². The van der Waals surface area contributed by atoms with Gasteiger partial charge in [0.25, 0.3) is 0 Å². The number of nitrogens with one attached hydrogen (secondary N) is 1. The third kappa shape index (κ3) is 5.10. The van der Waals surface area contributed by atoms with E-state index in [1.807, 2.05) is 0 Å². The normalized spacial score (nSPS) is 10.1. The molecule has 1 aromatic rings. The number of methoxy groups -OCH3 is 1. The molecule has 0 bridgehead atoms. The van der Waals surface area contributed by atoms with E-state index in [-0.39, 0.29) is 11.7 Å². The van der Waals surface area contributed by atoms with E-state index < -0.39 is 5.97 Å². The zero-order valence-electron chi connectivity index (χ0n) is 10.4. The highest BCUT2D eigenvalue weighted by Gasteiger charge is 2.11. The molecule has 0 spiro atoms. The summed E-state index contributed by atoms with van der Waals surface area (Å²) in [6.45, 7) is 0.524. The van der Waals surface area contributed by atoms with Gasteiger partial charge in [0.1, 0.15) is 0 Å². The number of amides is 1. The number of anilines is 1. The first-order valence-electron chi connectivity index (χ1n) is 5.54. The Hall–Kier alpha value is -1.24. The number of thioether (sulfide) groups is 1. The molecular weight excluding hydrogens is 288 g/mol. The van der Waals surface area contributed by atoms with E-state index in [4.69, 9.17) is 17.3 Å². The van der Waals surface area contributed by atoms with Crippen LogP contribution >= 0.6 is 23.4 Å². The Labute approximate surface area is 120 Å². The highest BCUT2D eigenvalue weighted by atomic mass is 35.5. The molecular formula is C12H15ClN2O3S. The van der Waals surface area contributed by atoms with Crippen LogP contribution in [-0.2, 0) is 9.53 Å². The van der Waals surface area contributed by atoms with Gasteiger partial charge >= 0.3 is 5.97 Å². The number of esters is 1. The standard InChI is InChI=1S/C12H15ClN2O3S/c1-18-12(17)8-2-3-9(13)10(6-8)15-11(16)7-19-5-4-14/h2-3,6H,4-5,7,14H2,1H3,(H,15,16). The van der Waals surface area contributed by atoms with Crippen LogP contribution in [0.15, 0.2) is 18.2 Å². The van der Waals surface area contributed by atoms with Gasteiger partial charge in [0.2, 0.25) is 5.91 Å². The lowest BCUT2D eigenvalue weighted by atomic mass is 10.2. The lowest BCUT2D eigenvalue weighted by Crippen LogP contribution is -2.16. The van der Waals surface area contributed by atoms with Crippen molar-refractivity contribution in [3.8, 4) is 0 Å². The largest absolute Gasteiger partial charge is 0.465 e. The fourth-order valence-corrected chi connectivity index (χ4v) is 2.03. The maximum absolute atomic E-state index is 11.6. The number of halogens is 1. The number of carbonyl (C=O) groups is 2. The molecule has 0 heterocycles. The van der Waals surface area contributed by atoms with E-state index in [9.17, 15) is 9.59 Å². The quantitative estimate of drug-likeness (QED) is 0.618. The first-order chi connectivity index (χ1) is 9.08. The number of hydrogen-bond donors (Lipinski definition) is 2. The molecule has 0 atom stereocenters. The second-order valence-corrected chi connectivity index (χ2v) is 5.09. The van der Waals surface area contributed by atoms with Gasteiger partial charge in [0.05, 0.1) is 29.1 Å². The summed E-state index contributed by atoms with van der Waals surface area (Å²) in [6, 6.07) is 4.56. The van der Waals surface area contributed by atoms with Gasteiger partial charge in [-0.1, -0.05) is 11.6 Å². The van der Waals surface area contributed by atoms with E-state index >= 15 is 0 Å². The molecule has 19 heavy (non-hydrogen) atoms. The van der Waals surface area contributed by atoms with Gasteiger partial charge in [-0.15, -0.1) is 0 Å². The molecule has 0 aromatic heterocycles. The summed E-state index contributed by atoms with van der Waals surface area (Å²) in [5.41, 5.74) is 6.06. The molecule has 0 aliphatic rings. The van der Waals surface area contributed by atoms with Gasteiger partial charge < -0.3 is 15.8 Å². The van der Waals surface area contributed by atoms with Crippen molar-refractivity contribution < 1.29 is 14.3 Å². The van der Waals surface area contributed by atoms with Gasteiger partial charge in [-0.05, 0) is 18.2 Å². The summed E-state index contributed by atoms with van der Waals surface area (Å²) in [5.74, 6) is 0.325. The summed E-state index contributed by atoms with van der Waals surface area (Å²) < 4.78 is 4.60. The van der Waals surface area contributed by atoms with Crippen LogP contribution < -0.4 is 11.1 Å². The smallest absolute Gasteiger partial charge is 0.337 e. The maximum Gasteiger partial charge on any atom is 0.337 e. The Morgan fingerprint density at radius 2 is 2.21 bits per heavy atom. The lowest BCUT2D eigenvalue weighted by molar-refractivity contribution is -0.113. The molecule has 7 heteroatoms. The predicted molar refractivity (Wildman–Crippen MR) is 77.8 cm³/mol. The van der Waals surface area contributed by atoms with Gasteiger partial charge in [-0.25, -0.2) is 4.79 Å². The molecule has 3 N–H and O–H groups in total. The van der Waals surface area contributed by atoms with Crippen LogP contribution in [0, 0.1) is 0 Å². The molecule has 0 aliphatic heterocycles. The van der Waals surface area contributed by atoms with Crippen molar-refractivity contribution in [2.45, 2.75) is 0 Å². The zero-order chi connectivity index (χ0) is 14.3. The number of nitrogens with two attached hydrogens (primary N) is 1. The third-order valence-electron chi connectivity index (χ3n) is 2.16. The zero-order valence-corrected chi connectivity index (χ0v) is 12.0. The van der Waals surface area contributed by atoms with Crippen LogP contribution in [0.3, 0.4) is 0 Å². The number of carbonyl (C=O) groups excluding carboxylic acids is 2. The Morgan fingerprint density at radius 3 is 2.84 bits per heavy atom. The minimum atomic E-state index is -0.482. The van der Waals surface area contributed by atoms with Crippen LogP contribution in [0.4, 0.5) is 5.69 Å². The molecule has 0 unspecified atom stereocenters. The van der Waals surface area contributed by atoms with Crippen LogP contribution in [0.25, 0.3) is 0 Å². The molecule has 0 saturated heterocycles. The molecule has 1 aromatic carbocycles. The second-order valence-electron chi connectivity index (χ2n) is 3.58. The molecule has 5 nitrogen and oxygen atoms in total. The number of benzene rings is 1. The highest BCUT2D eigenvalue weighted by molar-refractivity contribution is 7.99. The van der Waals surface area contributed by atoms with Crippen LogP contribution in [0.1, 0.15) is 10.4 Å². The summed E-state index contributed by atoms with van der Waals surface area (Å²) in [6.07, 6.45) is 0. The van der Waals surface area contributed by atoms with Crippen molar-refractivity contribution in [3.05, 3.63) is 28.8 Å². The minimum Gasteiger partial charge on any atom is -0.465 e. The van der Waals surface area contributed by atoms with Gasteiger partial charge in [0, 0.05) is 12.3 Å². The molecule has 1 amide bonds. The summed E-state index contributed by atoms with van der Waals surface area (Å²) in [5, 5.41) is 3.01.